The van der Waals surface area contributed by atoms with E-state index in [1.807, 2.05) is 128 Å². The molecule has 0 bridgehead atoms. The van der Waals surface area contributed by atoms with E-state index in [0.29, 0.717) is 65.2 Å². The Morgan fingerprint density at radius 3 is 1.17 bits per heavy atom. The van der Waals surface area contributed by atoms with Gasteiger partial charge >= 0.3 is 11.9 Å². The Labute approximate surface area is 465 Å². The van der Waals surface area contributed by atoms with E-state index in [0.717, 1.165) is 93.8 Å². The number of ether oxygens (including phenoxy) is 4. The minimum atomic E-state index is -0.205. The van der Waals surface area contributed by atoms with Crippen LogP contribution in [-0.2, 0) is 38.1 Å². The number of methoxy groups -OCH3 is 2. The van der Waals surface area contributed by atoms with Crippen molar-refractivity contribution in [3.63, 3.8) is 0 Å². The molecule has 4 aromatic rings. The Bertz CT molecular complexity index is 1910. The van der Waals surface area contributed by atoms with Gasteiger partial charge < -0.3 is 60.6 Å². The number of hydrogen-bond donors (Lipinski definition) is 5. The van der Waals surface area contributed by atoms with Crippen molar-refractivity contribution in [2.75, 3.05) is 102 Å². The summed E-state index contributed by atoms with van der Waals surface area (Å²) < 4.78 is 20.9. The van der Waals surface area contributed by atoms with Crippen LogP contribution >= 0.6 is 43.2 Å². The van der Waals surface area contributed by atoms with Gasteiger partial charge in [0.25, 0.3) is 0 Å². The van der Waals surface area contributed by atoms with Crippen LogP contribution in [0, 0.1) is 10.8 Å². The topological polar surface area (TPSA) is 205 Å². The maximum absolute atomic E-state index is 11.9. The average molecular weight is 1120 g/mol. The number of aliphatic hydroxyl groups excluding tert-OH is 1. The standard InChI is InChI=1S/2C21H28N2O3S2.C11H21NO3.2C2H6/c2*1-21(2,14-25-3)15-26-20(24)12-13-23-17-6-10-19(11-7-17)28-27-18-8-4-16(22)5-9-18;13-9-3-1-2-6-12(7-4-10-14)8-5-11-15;2*1-2/h2*4-11,23H,12-15,22H2,1-3H3;10-11,13H,1-9H2;2*1-2H3. The summed E-state index contributed by atoms with van der Waals surface area (Å²) in [6.07, 6.45) is 6.35. The van der Waals surface area contributed by atoms with E-state index in [1.165, 1.54) is 0 Å². The lowest BCUT2D eigenvalue weighted by Gasteiger charge is -2.22. The largest absolute Gasteiger partial charge is 0.465 e. The van der Waals surface area contributed by atoms with Crippen LogP contribution in [0.2, 0.25) is 0 Å². The zero-order valence-corrected chi connectivity index (χ0v) is 49.6. The molecule has 0 spiro atoms. The van der Waals surface area contributed by atoms with Crippen LogP contribution in [0.5, 0.6) is 0 Å². The van der Waals surface area contributed by atoms with E-state index >= 15 is 0 Å². The van der Waals surface area contributed by atoms with E-state index in [9.17, 15) is 19.2 Å². The molecule has 18 heteroatoms. The predicted octanol–water partition coefficient (Wildman–Crippen LogP) is 12.9. The van der Waals surface area contributed by atoms with Gasteiger partial charge in [-0.2, -0.15) is 0 Å². The van der Waals surface area contributed by atoms with Crippen LogP contribution in [0.3, 0.4) is 0 Å². The van der Waals surface area contributed by atoms with Crippen LogP contribution in [0.25, 0.3) is 0 Å². The molecule has 0 heterocycles. The summed E-state index contributed by atoms with van der Waals surface area (Å²) >= 11 is 0. The van der Waals surface area contributed by atoms with Crippen molar-refractivity contribution in [2.24, 2.45) is 10.8 Å². The molecule has 75 heavy (non-hydrogen) atoms. The number of nitrogens with zero attached hydrogens (tertiary/aromatic N) is 1. The number of nitrogens with one attached hydrogen (secondary N) is 2. The minimum absolute atomic E-state index is 0.171. The molecule has 7 N–H and O–H groups in total. The van der Waals surface area contributed by atoms with Gasteiger partial charge in [-0.3, -0.25) is 9.59 Å². The second kappa shape index (κ2) is 44.7. The summed E-state index contributed by atoms with van der Waals surface area (Å²) in [5.74, 6) is -0.410. The third-order valence-corrected chi connectivity index (χ3v) is 14.7. The van der Waals surface area contributed by atoms with Gasteiger partial charge in [-0.1, -0.05) is 98.6 Å². The van der Waals surface area contributed by atoms with Crippen molar-refractivity contribution >= 4 is 90.4 Å². The van der Waals surface area contributed by atoms with Gasteiger partial charge in [-0.15, -0.1) is 0 Å². The van der Waals surface area contributed by atoms with Gasteiger partial charge in [-0.25, -0.2) is 0 Å². The van der Waals surface area contributed by atoms with E-state index in [-0.39, 0.29) is 29.4 Å². The molecule has 4 aromatic carbocycles. The van der Waals surface area contributed by atoms with Crippen molar-refractivity contribution in [2.45, 2.75) is 120 Å². The number of rotatable bonds is 33. The normalized spacial score (nSPS) is 10.7. The Morgan fingerprint density at radius 2 is 0.867 bits per heavy atom. The van der Waals surface area contributed by atoms with Gasteiger partial charge in [0, 0.05) is 113 Å². The molecule has 0 unspecified atom stereocenters. The highest BCUT2D eigenvalue weighted by Crippen LogP contribution is 2.39. The van der Waals surface area contributed by atoms with E-state index in [4.69, 9.17) is 35.5 Å². The van der Waals surface area contributed by atoms with Crippen molar-refractivity contribution in [1.29, 1.82) is 0 Å². The van der Waals surface area contributed by atoms with Crippen molar-refractivity contribution in [3.05, 3.63) is 97.1 Å². The summed E-state index contributed by atoms with van der Waals surface area (Å²) in [4.78, 5) is 51.0. The maximum atomic E-state index is 11.9. The Hall–Kier alpha value is -4.40. The molecule has 420 valence electrons. The van der Waals surface area contributed by atoms with Crippen LogP contribution in [0.15, 0.2) is 117 Å². The van der Waals surface area contributed by atoms with Crippen LogP contribution < -0.4 is 22.1 Å². The lowest BCUT2D eigenvalue weighted by atomic mass is 9.96. The van der Waals surface area contributed by atoms with Gasteiger partial charge in [0.05, 0.1) is 39.3 Å². The molecule has 14 nitrogen and oxygen atoms in total. The summed E-state index contributed by atoms with van der Waals surface area (Å²) in [6, 6.07) is 31.9. The van der Waals surface area contributed by atoms with Gasteiger partial charge in [0.15, 0.2) is 0 Å². The summed E-state index contributed by atoms with van der Waals surface area (Å²) in [6.45, 7) is 21.5. The smallest absolute Gasteiger partial charge is 0.307 e. The summed E-state index contributed by atoms with van der Waals surface area (Å²) in [7, 11) is 10.1. The first-order chi connectivity index (χ1) is 36.1. The van der Waals surface area contributed by atoms with Crippen LogP contribution in [0.1, 0.15) is 100 Å². The highest BCUT2D eigenvalue weighted by Gasteiger charge is 2.21. The number of esters is 2. The molecule has 0 aliphatic carbocycles. The zero-order chi connectivity index (χ0) is 56.2. The molecule has 0 saturated heterocycles. The Kier molecular flexibility index (Phi) is 42.1. The fourth-order valence-electron chi connectivity index (χ4n) is 6.10. The number of anilines is 4. The molecule has 0 saturated carbocycles. The zero-order valence-electron chi connectivity index (χ0n) is 46.4. The monoisotopic (exact) mass is 1120 g/mol. The van der Waals surface area contributed by atoms with Gasteiger partial charge in [0.1, 0.15) is 12.6 Å². The Morgan fingerprint density at radius 1 is 0.533 bits per heavy atom. The van der Waals surface area contributed by atoms with Gasteiger partial charge in [-0.05, 0) is 123 Å². The number of unbranched alkanes of at least 4 members (excludes halogenated alkanes) is 2. The fourth-order valence-corrected chi connectivity index (χ4v) is 9.97. The third-order valence-electron chi connectivity index (χ3n) is 9.83. The second-order valence-electron chi connectivity index (χ2n) is 17.9. The van der Waals surface area contributed by atoms with Crippen molar-refractivity contribution in [3.8, 4) is 0 Å². The lowest BCUT2D eigenvalue weighted by Crippen LogP contribution is -2.27. The van der Waals surface area contributed by atoms with Crippen LogP contribution in [0.4, 0.5) is 22.7 Å². The van der Waals surface area contributed by atoms with Crippen molar-refractivity contribution in [1.82, 2.24) is 4.90 Å². The molecule has 0 aromatic heterocycles. The number of benzene rings is 4. The number of hydrogen-bond acceptors (Lipinski definition) is 18. The molecule has 0 radical (unpaired) electrons. The molecule has 0 atom stereocenters. The number of carbonyl (C=O) groups is 4. The quantitative estimate of drug-likeness (QED) is 0.00989. The Balaban J connectivity index is 0.00000111. The molecular formula is C57H89N5O9S4. The molecule has 0 aliphatic heterocycles. The average Bonchev–Trinajstić information content (AvgIpc) is 3.41. The lowest BCUT2D eigenvalue weighted by molar-refractivity contribution is -0.148. The fraction of sp³-hybridized carbons (Fsp3) is 0.509. The molecule has 0 aliphatic rings. The van der Waals surface area contributed by atoms with E-state index in [2.05, 4.69) is 39.8 Å². The number of nitrogens with two attached hydrogens (primary N) is 2. The number of aliphatic hydroxyl groups is 1. The highest BCUT2D eigenvalue weighted by atomic mass is 33.1. The highest BCUT2D eigenvalue weighted by molar-refractivity contribution is 8.77. The van der Waals surface area contributed by atoms with Crippen LogP contribution in [-0.4, -0.2) is 114 Å². The first-order valence-corrected chi connectivity index (χ1v) is 30.0. The first-order valence-electron chi connectivity index (χ1n) is 25.7. The number of aldehydes is 2. The number of carbonyl (C=O) groups excluding carboxylic acids is 4. The van der Waals surface area contributed by atoms with Gasteiger partial charge in [0.2, 0.25) is 0 Å². The SMILES string of the molecule is CC.CC.COCC(C)(C)COC(=O)CCNc1ccc(SSc2ccc(N)cc2)cc1.COCC(C)(C)COC(=O)CCNc1ccc(SSc2ccc(N)cc2)cc1.O=CCCN(CCC=O)CCCCCO. The summed E-state index contributed by atoms with van der Waals surface area (Å²) in [5.41, 5.74) is 14.6. The predicted molar refractivity (Wildman–Crippen MR) is 319 cm³/mol. The molecule has 0 fully saturated rings. The molecular weight excluding hydrogens is 1030 g/mol. The maximum Gasteiger partial charge on any atom is 0.307 e. The van der Waals surface area contributed by atoms with Crippen molar-refractivity contribution < 1.29 is 43.2 Å². The first kappa shape index (κ1) is 70.6. The molecule has 0 amide bonds. The molecule has 4 rings (SSSR count). The number of nitrogen functional groups attached to an aromatic ring is 2. The third kappa shape index (κ3) is 37.9. The van der Waals surface area contributed by atoms with E-state index < -0.39 is 0 Å². The summed E-state index contributed by atoms with van der Waals surface area (Å²) in [5, 5.41) is 15.1. The van der Waals surface area contributed by atoms with E-state index in [1.54, 1.807) is 57.4 Å². The second-order valence-corrected chi connectivity index (χ2v) is 22.5. The minimum Gasteiger partial charge on any atom is -0.465 e.